The molecule has 0 bridgehead atoms. The van der Waals surface area contributed by atoms with Crippen molar-refractivity contribution < 1.29 is 19.4 Å². The number of aromatic hydroxyl groups is 1. The second-order valence-corrected chi connectivity index (χ2v) is 15.3. The largest absolute Gasteiger partial charge is 0.506 e. The van der Waals surface area contributed by atoms with Crippen LogP contribution in [0.4, 0.5) is 0 Å². The van der Waals surface area contributed by atoms with E-state index in [0.29, 0.717) is 12.1 Å². The summed E-state index contributed by atoms with van der Waals surface area (Å²) in [7, 11) is -2.13. The Labute approximate surface area is 196 Å². The van der Waals surface area contributed by atoms with Gasteiger partial charge in [0.25, 0.3) is 0 Å². The zero-order valence-corrected chi connectivity index (χ0v) is 21.3. The number of aliphatic carboxylic acids is 1. The lowest BCUT2D eigenvalue weighted by molar-refractivity contribution is -0.138. The number of aromatic nitrogens is 1. The topological polar surface area (TPSA) is 115 Å². The summed E-state index contributed by atoms with van der Waals surface area (Å²) in [6, 6.07) is 6.99. The van der Waals surface area contributed by atoms with E-state index in [-0.39, 0.29) is 35.0 Å². The molecule has 1 aliphatic heterocycles. The Morgan fingerprint density at radius 2 is 1.91 bits per heavy atom. The minimum absolute atomic E-state index is 0.0223. The number of fused-ring (bicyclic) bond motifs is 1. The molecule has 2 heterocycles. The van der Waals surface area contributed by atoms with Crippen LogP contribution in [0.25, 0.3) is 10.9 Å². The Morgan fingerprint density at radius 3 is 2.52 bits per heavy atom. The van der Waals surface area contributed by atoms with Gasteiger partial charge in [-0.05, 0) is 48.7 Å². The molecule has 9 heteroatoms. The Morgan fingerprint density at radius 1 is 1.24 bits per heavy atom. The van der Waals surface area contributed by atoms with E-state index < -0.39 is 14.3 Å². The van der Waals surface area contributed by atoms with E-state index in [1.165, 1.54) is 6.07 Å². The van der Waals surface area contributed by atoms with Crippen LogP contribution in [0.1, 0.15) is 45.3 Å². The number of likely N-dealkylation sites (tertiary alicyclic amines) is 1. The zero-order valence-electron chi connectivity index (χ0n) is 20.3. The van der Waals surface area contributed by atoms with Gasteiger partial charge in [0, 0.05) is 37.1 Å². The van der Waals surface area contributed by atoms with E-state index >= 15 is 0 Å². The lowest BCUT2D eigenvalue weighted by Crippen LogP contribution is -2.47. The van der Waals surface area contributed by atoms with Gasteiger partial charge in [-0.25, -0.2) is 0 Å². The van der Waals surface area contributed by atoms with Crippen LogP contribution < -0.4 is 10.9 Å². The molecule has 0 unspecified atom stereocenters. The number of nitrogens with one attached hydrogen (secondary N) is 2. The average Bonchev–Trinajstić information content (AvgIpc) is 2.71. The highest BCUT2D eigenvalue weighted by molar-refractivity contribution is 6.74. The zero-order chi connectivity index (χ0) is 24.4. The Balaban J connectivity index is 1.84. The smallest absolute Gasteiger partial charge is 0.317 e. The number of piperidine rings is 1. The molecule has 1 saturated heterocycles. The van der Waals surface area contributed by atoms with Gasteiger partial charge in [-0.15, -0.1) is 0 Å². The Kier molecular flexibility index (Phi) is 7.68. The van der Waals surface area contributed by atoms with E-state index in [1.54, 1.807) is 12.1 Å². The second-order valence-electron chi connectivity index (χ2n) is 10.5. The lowest BCUT2D eigenvalue weighted by atomic mass is 10.0. The van der Waals surface area contributed by atoms with E-state index in [2.05, 4.69) is 44.2 Å². The van der Waals surface area contributed by atoms with Gasteiger partial charge >= 0.3 is 5.97 Å². The van der Waals surface area contributed by atoms with Gasteiger partial charge in [0.1, 0.15) is 5.75 Å². The van der Waals surface area contributed by atoms with Crippen molar-refractivity contribution in [1.29, 1.82) is 0 Å². The molecular weight excluding hydrogens is 438 g/mol. The van der Waals surface area contributed by atoms with Crippen molar-refractivity contribution in [3.63, 3.8) is 0 Å². The molecule has 0 aliphatic carbocycles. The molecule has 0 radical (unpaired) electrons. The number of hydrogen-bond donors (Lipinski definition) is 4. The van der Waals surface area contributed by atoms with E-state index in [9.17, 15) is 14.7 Å². The standard InChI is InChI=1S/C24H37N3O5Si/c1-24(2,3)33(4,5)32-20(14-25-16-10-12-27(13-11-16)15-22(30)31)17-6-8-19(28)23-18(17)7-9-21(29)26-23/h6-9,16,20,25,28H,10-15H2,1-5H3,(H,26,29)(H,30,31)/t20-/m0/s1. The normalized spacial score (nSPS) is 17.4. The van der Waals surface area contributed by atoms with Crippen LogP contribution in [-0.2, 0) is 9.22 Å². The Bertz CT molecular complexity index is 1040. The SMILES string of the molecule is CC(C)(C)[Si](C)(C)O[C@@H](CNC1CCN(CC(=O)O)CC1)c1ccc(O)c2[nH]c(=O)ccc12. The first kappa shape index (κ1) is 25.4. The van der Waals surface area contributed by atoms with E-state index in [4.69, 9.17) is 9.53 Å². The number of phenolic OH excluding ortho intramolecular Hbond substituents is 1. The molecule has 33 heavy (non-hydrogen) atoms. The molecule has 1 fully saturated rings. The number of carbonyl (C=O) groups is 1. The molecule has 1 aliphatic rings. The third kappa shape index (κ3) is 6.23. The number of benzene rings is 1. The van der Waals surface area contributed by atoms with Gasteiger partial charge in [-0.3, -0.25) is 14.5 Å². The molecule has 1 aromatic heterocycles. The molecule has 182 valence electrons. The van der Waals surface area contributed by atoms with Crippen LogP contribution in [0.15, 0.2) is 29.1 Å². The number of carboxylic acid groups (broad SMARTS) is 1. The predicted molar refractivity (Wildman–Crippen MR) is 132 cm³/mol. The van der Waals surface area contributed by atoms with Crippen molar-refractivity contribution in [3.05, 3.63) is 40.2 Å². The Hall–Kier alpha value is -2.20. The number of carboxylic acids is 1. The number of nitrogens with zero attached hydrogens (tertiary/aromatic N) is 1. The first-order valence-corrected chi connectivity index (χ1v) is 14.5. The fourth-order valence-corrected chi connectivity index (χ4v) is 5.32. The molecule has 0 spiro atoms. The van der Waals surface area contributed by atoms with Crippen LogP contribution in [0.2, 0.25) is 18.1 Å². The predicted octanol–water partition coefficient (Wildman–Crippen LogP) is 3.44. The van der Waals surface area contributed by atoms with Crippen LogP contribution >= 0.6 is 0 Å². The van der Waals surface area contributed by atoms with Crippen LogP contribution in [0.5, 0.6) is 5.75 Å². The third-order valence-electron chi connectivity index (χ3n) is 7.04. The number of phenols is 1. The van der Waals surface area contributed by atoms with Gasteiger partial charge < -0.3 is 24.9 Å². The van der Waals surface area contributed by atoms with Crippen molar-refractivity contribution in [2.24, 2.45) is 0 Å². The molecule has 2 aromatic rings. The maximum absolute atomic E-state index is 11.9. The second kappa shape index (κ2) is 9.96. The summed E-state index contributed by atoms with van der Waals surface area (Å²) < 4.78 is 6.85. The van der Waals surface area contributed by atoms with Crippen molar-refractivity contribution in [1.82, 2.24) is 15.2 Å². The highest BCUT2D eigenvalue weighted by Gasteiger charge is 2.40. The molecule has 3 rings (SSSR count). The average molecular weight is 476 g/mol. The van der Waals surface area contributed by atoms with E-state index in [1.807, 2.05) is 11.0 Å². The molecule has 4 N–H and O–H groups in total. The number of pyridine rings is 1. The number of H-pyrrole nitrogens is 1. The van der Waals surface area contributed by atoms with E-state index in [0.717, 1.165) is 36.9 Å². The lowest BCUT2D eigenvalue weighted by Gasteiger charge is -2.40. The maximum Gasteiger partial charge on any atom is 0.317 e. The quantitative estimate of drug-likeness (QED) is 0.432. The van der Waals surface area contributed by atoms with Gasteiger partial charge in [-0.2, -0.15) is 0 Å². The summed E-state index contributed by atoms with van der Waals surface area (Å²) in [4.78, 5) is 27.6. The summed E-state index contributed by atoms with van der Waals surface area (Å²) >= 11 is 0. The summed E-state index contributed by atoms with van der Waals surface area (Å²) in [6.45, 7) is 13.2. The first-order valence-electron chi connectivity index (χ1n) is 11.6. The van der Waals surface area contributed by atoms with Crippen LogP contribution in [0, 0.1) is 0 Å². The van der Waals surface area contributed by atoms with Crippen molar-refractivity contribution >= 4 is 25.2 Å². The van der Waals surface area contributed by atoms with Gasteiger partial charge in [0.2, 0.25) is 5.56 Å². The van der Waals surface area contributed by atoms with Crippen molar-refractivity contribution in [2.45, 2.75) is 63.9 Å². The van der Waals surface area contributed by atoms with Gasteiger partial charge in [0.05, 0.1) is 18.2 Å². The first-order chi connectivity index (χ1) is 15.4. The molecule has 0 saturated carbocycles. The fraction of sp³-hybridized carbons (Fsp3) is 0.583. The fourth-order valence-electron chi connectivity index (χ4n) is 4.05. The monoisotopic (exact) mass is 475 g/mol. The molecular formula is C24H37N3O5Si. The number of rotatable bonds is 8. The van der Waals surface area contributed by atoms with Crippen molar-refractivity contribution in [2.75, 3.05) is 26.2 Å². The highest BCUT2D eigenvalue weighted by atomic mass is 28.4. The summed E-state index contributed by atoms with van der Waals surface area (Å²) in [5.74, 6) is -0.752. The molecule has 0 amide bonds. The van der Waals surface area contributed by atoms with Gasteiger partial charge in [-0.1, -0.05) is 26.8 Å². The molecule has 1 atom stereocenters. The minimum Gasteiger partial charge on any atom is -0.506 e. The van der Waals surface area contributed by atoms with Gasteiger partial charge in [0.15, 0.2) is 8.32 Å². The minimum atomic E-state index is -2.13. The highest BCUT2D eigenvalue weighted by Crippen LogP contribution is 2.41. The van der Waals surface area contributed by atoms with Crippen molar-refractivity contribution in [3.8, 4) is 5.75 Å². The third-order valence-corrected chi connectivity index (χ3v) is 11.5. The maximum atomic E-state index is 11.9. The summed E-state index contributed by atoms with van der Waals surface area (Å²) in [5, 5.41) is 23.8. The number of hydrogen-bond acceptors (Lipinski definition) is 6. The summed E-state index contributed by atoms with van der Waals surface area (Å²) in [6.07, 6.45) is 1.50. The van der Waals surface area contributed by atoms with Crippen LogP contribution in [0.3, 0.4) is 0 Å². The van der Waals surface area contributed by atoms with Crippen LogP contribution in [-0.4, -0.2) is 66.6 Å². The molecule has 1 aromatic carbocycles. The summed E-state index contributed by atoms with van der Waals surface area (Å²) in [5.41, 5.74) is 1.09. The molecule has 8 nitrogen and oxygen atoms in total. The number of aromatic amines is 1.